The summed E-state index contributed by atoms with van der Waals surface area (Å²) in [5.41, 5.74) is 0.144. The lowest BCUT2D eigenvalue weighted by atomic mass is 9.56. The van der Waals surface area contributed by atoms with Crippen molar-refractivity contribution in [2.45, 2.75) is 54.8 Å². The summed E-state index contributed by atoms with van der Waals surface area (Å²) in [7, 11) is 0. The molecule has 11 heteroatoms. The normalized spacial score (nSPS) is 36.1. The van der Waals surface area contributed by atoms with Gasteiger partial charge < -0.3 is 5.11 Å². The van der Waals surface area contributed by atoms with Crippen molar-refractivity contribution in [2.24, 2.45) is 17.8 Å². The standard InChI is InChI=1S/C25H24Br2Cl2N2O5/c1-23(2,3)31-19(33)13-6-5-12-15(17(13)20(31)34)9-24(28)21(35)30(10-26)22(36)25(24,29)18(12)14-8-11(27)4-7-16(14)32/h4-5,7-8,13,15,17-18,32H,6,9-10H2,1-3H3/t13-,15+,17-,18+,24+,25-/m0/s1. The van der Waals surface area contributed by atoms with E-state index < -0.39 is 50.8 Å². The first kappa shape index (κ1) is 26.2. The zero-order valence-corrected chi connectivity index (χ0v) is 24.4. The molecule has 192 valence electrons. The summed E-state index contributed by atoms with van der Waals surface area (Å²) in [5, 5.41) is 10.9. The van der Waals surface area contributed by atoms with Crippen molar-refractivity contribution in [3.05, 3.63) is 39.9 Å². The second-order valence-electron chi connectivity index (χ2n) is 10.9. The van der Waals surface area contributed by atoms with E-state index in [1.165, 1.54) is 11.0 Å². The van der Waals surface area contributed by atoms with Crippen molar-refractivity contribution in [3.8, 4) is 5.75 Å². The number of benzene rings is 1. The Kier molecular flexibility index (Phi) is 6.03. The lowest BCUT2D eigenvalue weighted by Gasteiger charge is -2.50. The van der Waals surface area contributed by atoms with E-state index in [1.54, 1.807) is 32.9 Å². The molecule has 0 aromatic heterocycles. The molecular weight excluding hydrogens is 639 g/mol. The molecule has 2 aliphatic heterocycles. The number of carbonyl (C=O) groups is 4. The molecule has 0 spiro atoms. The number of fused-ring (bicyclic) bond motifs is 4. The first-order chi connectivity index (χ1) is 16.7. The fraction of sp³-hybridized carbons (Fsp3) is 0.520. The summed E-state index contributed by atoms with van der Waals surface area (Å²) in [5.74, 6) is -4.97. The number of halogens is 4. The summed E-state index contributed by atoms with van der Waals surface area (Å²) in [6.45, 7) is 5.41. The van der Waals surface area contributed by atoms with Crippen LogP contribution in [0.4, 0.5) is 0 Å². The van der Waals surface area contributed by atoms with Crippen molar-refractivity contribution >= 4 is 78.7 Å². The molecule has 2 aliphatic carbocycles. The van der Waals surface area contributed by atoms with Gasteiger partial charge in [-0.1, -0.05) is 43.5 Å². The van der Waals surface area contributed by atoms with Crippen molar-refractivity contribution in [1.29, 1.82) is 0 Å². The minimum atomic E-state index is -1.94. The zero-order chi connectivity index (χ0) is 26.5. The predicted octanol–water partition coefficient (Wildman–Crippen LogP) is 4.66. The van der Waals surface area contributed by atoms with E-state index in [2.05, 4.69) is 31.9 Å². The lowest BCUT2D eigenvalue weighted by Crippen LogP contribution is -2.60. The fourth-order valence-electron chi connectivity index (χ4n) is 6.52. The van der Waals surface area contributed by atoms with Gasteiger partial charge in [0.15, 0.2) is 9.75 Å². The Hall–Kier alpha value is -1.42. The number of rotatable bonds is 2. The maximum atomic E-state index is 13.7. The molecule has 6 atom stereocenters. The Morgan fingerprint density at radius 2 is 1.75 bits per heavy atom. The number of amides is 4. The maximum Gasteiger partial charge on any atom is 0.254 e. The number of aromatic hydroxyl groups is 1. The van der Waals surface area contributed by atoms with E-state index >= 15 is 0 Å². The smallest absolute Gasteiger partial charge is 0.254 e. The Morgan fingerprint density at radius 3 is 2.36 bits per heavy atom. The van der Waals surface area contributed by atoms with E-state index in [1.807, 2.05) is 6.08 Å². The van der Waals surface area contributed by atoms with Crippen LogP contribution in [0.25, 0.3) is 0 Å². The molecule has 3 fully saturated rings. The highest BCUT2D eigenvalue weighted by Gasteiger charge is 2.76. The monoisotopic (exact) mass is 660 g/mol. The molecule has 7 nitrogen and oxygen atoms in total. The van der Waals surface area contributed by atoms with Gasteiger partial charge in [-0.3, -0.25) is 29.0 Å². The van der Waals surface area contributed by atoms with Gasteiger partial charge in [0.05, 0.1) is 17.3 Å². The van der Waals surface area contributed by atoms with E-state index in [4.69, 9.17) is 23.2 Å². The molecule has 0 unspecified atom stereocenters. The molecule has 2 saturated heterocycles. The number of carbonyl (C=O) groups excluding carboxylic acids is 4. The number of allylic oxidation sites excluding steroid dienone is 2. The summed E-state index contributed by atoms with van der Waals surface area (Å²) < 4.78 is 0.632. The van der Waals surface area contributed by atoms with Crippen LogP contribution in [-0.2, 0) is 19.2 Å². The summed E-state index contributed by atoms with van der Waals surface area (Å²) in [6.07, 6.45) is 2.05. The van der Waals surface area contributed by atoms with Gasteiger partial charge in [0, 0.05) is 21.5 Å². The number of alkyl halides is 3. The van der Waals surface area contributed by atoms with Crippen LogP contribution >= 0.6 is 55.1 Å². The van der Waals surface area contributed by atoms with E-state index in [-0.39, 0.29) is 35.9 Å². The van der Waals surface area contributed by atoms with Gasteiger partial charge in [-0.15, -0.1) is 23.2 Å². The van der Waals surface area contributed by atoms with Gasteiger partial charge in [-0.25, -0.2) is 0 Å². The average Bonchev–Trinajstić information content (AvgIpc) is 3.14. The molecular formula is C25H24Br2Cl2N2O5. The Balaban J connectivity index is 1.75. The molecule has 1 aromatic carbocycles. The Bertz CT molecular complexity index is 1260. The Labute approximate surface area is 235 Å². The van der Waals surface area contributed by atoms with Crippen molar-refractivity contribution in [3.63, 3.8) is 0 Å². The third-order valence-electron chi connectivity index (χ3n) is 7.99. The van der Waals surface area contributed by atoms with Gasteiger partial charge in [-0.2, -0.15) is 0 Å². The molecule has 1 N–H and O–H groups in total. The van der Waals surface area contributed by atoms with E-state index in [9.17, 15) is 24.3 Å². The maximum absolute atomic E-state index is 13.7. The number of phenols is 1. The third kappa shape index (κ3) is 3.21. The molecule has 4 aliphatic rings. The number of phenolic OH excluding ortho intramolecular Hbond substituents is 1. The summed E-state index contributed by atoms with van der Waals surface area (Å²) in [4.78, 5) is 52.8. The molecule has 36 heavy (non-hydrogen) atoms. The largest absolute Gasteiger partial charge is 0.508 e. The molecule has 0 bridgehead atoms. The van der Waals surface area contributed by atoms with Gasteiger partial charge in [0.2, 0.25) is 11.8 Å². The molecule has 4 amide bonds. The van der Waals surface area contributed by atoms with Crippen LogP contribution in [0.3, 0.4) is 0 Å². The zero-order valence-electron chi connectivity index (χ0n) is 19.7. The van der Waals surface area contributed by atoms with Crippen LogP contribution in [-0.4, -0.2) is 59.3 Å². The van der Waals surface area contributed by atoms with Gasteiger partial charge in [0.25, 0.3) is 11.8 Å². The third-order valence-corrected chi connectivity index (χ3v) is 10.4. The van der Waals surface area contributed by atoms with Crippen LogP contribution in [0, 0.1) is 17.8 Å². The Morgan fingerprint density at radius 1 is 1.08 bits per heavy atom. The topological polar surface area (TPSA) is 95.0 Å². The van der Waals surface area contributed by atoms with Gasteiger partial charge >= 0.3 is 0 Å². The minimum Gasteiger partial charge on any atom is -0.508 e. The quantitative estimate of drug-likeness (QED) is 0.215. The van der Waals surface area contributed by atoms with Crippen LogP contribution in [0.5, 0.6) is 5.75 Å². The highest BCUT2D eigenvalue weighted by atomic mass is 79.9. The summed E-state index contributed by atoms with van der Waals surface area (Å²) >= 11 is 20.9. The number of hydrogen-bond donors (Lipinski definition) is 1. The molecule has 5 rings (SSSR count). The van der Waals surface area contributed by atoms with Gasteiger partial charge in [0.1, 0.15) is 5.75 Å². The van der Waals surface area contributed by atoms with Crippen LogP contribution in [0.2, 0.25) is 0 Å². The first-order valence-corrected chi connectivity index (χ1v) is 14.2. The van der Waals surface area contributed by atoms with Crippen molar-refractivity contribution in [1.82, 2.24) is 9.80 Å². The second-order valence-corrected chi connectivity index (χ2v) is 13.5. The van der Waals surface area contributed by atoms with Crippen LogP contribution < -0.4 is 0 Å². The predicted molar refractivity (Wildman–Crippen MR) is 141 cm³/mol. The van der Waals surface area contributed by atoms with Crippen LogP contribution in [0.15, 0.2) is 34.3 Å². The van der Waals surface area contributed by atoms with Crippen LogP contribution in [0.1, 0.15) is 45.1 Å². The molecule has 1 saturated carbocycles. The molecule has 0 radical (unpaired) electrons. The molecule has 1 aromatic rings. The average molecular weight is 663 g/mol. The highest BCUT2D eigenvalue weighted by molar-refractivity contribution is 9.10. The van der Waals surface area contributed by atoms with Gasteiger partial charge in [-0.05, 0) is 57.7 Å². The van der Waals surface area contributed by atoms with E-state index in [0.29, 0.717) is 15.6 Å². The number of imide groups is 2. The number of nitrogens with zero attached hydrogens (tertiary/aromatic N) is 2. The minimum absolute atomic E-state index is 0.0819. The first-order valence-electron chi connectivity index (χ1n) is 11.6. The highest BCUT2D eigenvalue weighted by Crippen LogP contribution is 2.66. The molecule has 2 heterocycles. The number of hydrogen-bond acceptors (Lipinski definition) is 5. The van der Waals surface area contributed by atoms with Crippen molar-refractivity contribution in [2.75, 3.05) is 5.45 Å². The lowest BCUT2D eigenvalue weighted by molar-refractivity contribution is -0.146. The number of likely N-dealkylation sites (tertiary alicyclic amines) is 2. The SMILES string of the molecule is CC(C)(C)N1C(=O)[C@H]2[C@H](CC=C3[C@H]2C[C@@]2(Cl)C(=O)N(CBr)C(=O)[C@@]2(Cl)[C@H]3c2cc(Br)ccc2O)C1=O. The fourth-order valence-corrected chi connectivity index (χ4v) is 8.31. The van der Waals surface area contributed by atoms with E-state index in [0.717, 1.165) is 4.90 Å². The van der Waals surface area contributed by atoms with Crippen molar-refractivity contribution < 1.29 is 24.3 Å². The second kappa shape index (κ2) is 8.29. The summed E-state index contributed by atoms with van der Waals surface area (Å²) in [6, 6.07) is 4.76.